The van der Waals surface area contributed by atoms with E-state index in [0.29, 0.717) is 21.9 Å². The molecule has 2 rings (SSSR count). The number of para-hydroxylation sites is 1. The summed E-state index contributed by atoms with van der Waals surface area (Å²) in [6, 6.07) is 16.6. The molecule has 0 amide bonds. The van der Waals surface area contributed by atoms with E-state index in [1.165, 1.54) is 0 Å². The van der Waals surface area contributed by atoms with Crippen molar-refractivity contribution >= 4 is 28.8 Å². The molecule has 0 bridgehead atoms. The van der Waals surface area contributed by atoms with E-state index < -0.39 is 0 Å². The van der Waals surface area contributed by atoms with Gasteiger partial charge in [-0.1, -0.05) is 42.5 Å². The van der Waals surface area contributed by atoms with E-state index in [2.05, 4.69) is 10.6 Å². The number of ketones is 1. The second-order valence-corrected chi connectivity index (χ2v) is 4.63. The molecule has 3 nitrogen and oxygen atoms in total. The number of benzene rings is 2. The van der Waals surface area contributed by atoms with E-state index in [0.717, 1.165) is 6.54 Å². The van der Waals surface area contributed by atoms with Crippen LogP contribution in [0.3, 0.4) is 0 Å². The van der Waals surface area contributed by atoms with Gasteiger partial charge in [0.25, 0.3) is 0 Å². The molecule has 20 heavy (non-hydrogen) atoms. The van der Waals surface area contributed by atoms with Crippen LogP contribution in [0.4, 0.5) is 5.69 Å². The van der Waals surface area contributed by atoms with Crippen LogP contribution < -0.4 is 10.6 Å². The van der Waals surface area contributed by atoms with Gasteiger partial charge in [-0.25, -0.2) is 0 Å². The highest BCUT2D eigenvalue weighted by molar-refractivity contribution is 7.80. The van der Waals surface area contributed by atoms with Gasteiger partial charge in [0.2, 0.25) is 0 Å². The lowest BCUT2D eigenvalue weighted by molar-refractivity contribution is 0.103. The van der Waals surface area contributed by atoms with E-state index in [4.69, 9.17) is 12.2 Å². The van der Waals surface area contributed by atoms with Crippen LogP contribution in [0.25, 0.3) is 0 Å². The van der Waals surface area contributed by atoms with Crippen LogP contribution in [0, 0.1) is 0 Å². The summed E-state index contributed by atoms with van der Waals surface area (Å²) in [6.45, 7) is 2.70. The van der Waals surface area contributed by atoms with Crippen molar-refractivity contribution in [3.63, 3.8) is 0 Å². The van der Waals surface area contributed by atoms with Crippen LogP contribution in [0.2, 0.25) is 0 Å². The summed E-state index contributed by atoms with van der Waals surface area (Å²) >= 11 is 5.16. The Morgan fingerprint density at radius 2 is 1.70 bits per heavy atom. The Bertz CT molecular complexity index is 611. The van der Waals surface area contributed by atoms with Gasteiger partial charge in [0.1, 0.15) is 0 Å². The molecule has 0 saturated carbocycles. The maximum absolute atomic E-state index is 12.5. The third-order valence-electron chi connectivity index (χ3n) is 2.79. The summed E-state index contributed by atoms with van der Waals surface area (Å²) in [7, 11) is 0. The monoisotopic (exact) mass is 284 g/mol. The van der Waals surface area contributed by atoms with Gasteiger partial charge >= 0.3 is 0 Å². The number of hydrogen-bond donors (Lipinski definition) is 2. The molecule has 0 heterocycles. The smallest absolute Gasteiger partial charge is 0.195 e. The summed E-state index contributed by atoms with van der Waals surface area (Å²) in [6.07, 6.45) is 0. The van der Waals surface area contributed by atoms with E-state index in [9.17, 15) is 4.79 Å². The third kappa shape index (κ3) is 3.42. The van der Waals surface area contributed by atoms with Gasteiger partial charge in [-0.3, -0.25) is 4.79 Å². The van der Waals surface area contributed by atoms with Crippen molar-refractivity contribution in [2.24, 2.45) is 0 Å². The summed E-state index contributed by atoms with van der Waals surface area (Å²) < 4.78 is 0. The van der Waals surface area contributed by atoms with E-state index in [-0.39, 0.29) is 5.78 Å². The molecule has 0 fully saturated rings. The van der Waals surface area contributed by atoms with Crippen LogP contribution in [-0.2, 0) is 0 Å². The molecular formula is C16H16N2OS. The Morgan fingerprint density at radius 1 is 1.05 bits per heavy atom. The predicted octanol–water partition coefficient (Wildman–Crippen LogP) is 3.22. The average molecular weight is 284 g/mol. The summed E-state index contributed by atoms with van der Waals surface area (Å²) in [5.74, 6) is -0.0204. The van der Waals surface area contributed by atoms with E-state index >= 15 is 0 Å². The minimum atomic E-state index is -0.0204. The van der Waals surface area contributed by atoms with Crippen LogP contribution in [0.5, 0.6) is 0 Å². The summed E-state index contributed by atoms with van der Waals surface area (Å²) in [5.41, 5.74) is 1.99. The normalized spacial score (nSPS) is 9.85. The topological polar surface area (TPSA) is 41.1 Å². The van der Waals surface area contributed by atoms with Crippen molar-refractivity contribution in [1.29, 1.82) is 0 Å². The number of thiocarbonyl (C=S) groups is 1. The van der Waals surface area contributed by atoms with Gasteiger partial charge in [0.05, 0.1) is 5.69 Å². The first kappa shape index (κ1) is 14.2. The number of carbonyl (C=O) groups excluding carboxylic acids is 1. The number of hydrogen-bond acceptors (Lipinski definition) is 2. The van der Waals surface area contributed by atoms with E-state index in [1.807, 2.05) is 55.5 Å². The largest absolute Gasteiger partial charge is 0.363 e. The number of carbonyl (C=O) groups is 1. The number of rotatable bonds is 4. The van der Waals surface area contributed by atoms with Crippen LogP contribution in [0.1, 0.15) is 22.8 Å². The molecule has 2 aromatic carbocycles. The zero-order valence-corrected chi connectivity index (χ0v) is 12.0. The molecule has 0 atom stereocenters. The lowest BCUT2D eigenvalue weighted by Crippen LogP contribution is -2.28. The van der Waals surface area contributed by atoms with Crippen molar-refractivity contribution < 1.29 is 4.79 Å². The number of nitrogens with one attached hydrogen (secondary N) is 2. The van der Waals surface area contributed by atoms with Gasteiger partial charge in [-0.15, -0.1) is 0 Å². The maximum Gasteiger partial charge on any atom is 0.195 e. The zero-order chi connectivity index (χ0) is 14.4. The average Bonchev–Trinajstić information content (AvgIpc) is 2.48. The number of anilines is 1. The Morgan fingerprint density at radius 3 is 2.40 bits per heavy atom. The first-order valence-corrected chi connectivity index (χ1v) is 6.87. The minimum Gasteiger partial charge on any atom is -0.363 e. The lowest BCUT2D eigenvalue weighted by atomic mass is 10.0. The molecule has 0 aliphatic heterocycles. The first-order chi connectivity index (χ1) is 9.72. The fourth-order valence-electron chi connectivity index (χ4n) is 1.86. The van der Waals surface area contributed by atoms with Crippen molar-refractivity contribution in [3.8, 4) is 0 Å². The molecule has 0 aliphatic rings. The fraction of sp³-hybridized carbons (Fsp3) is 0.125. The van der Waals surface area contributed by atoms with Crippen LogP contribution in [-0.4, -0.2) is 17.4 Å². The minimum absolute atomic E-state index is 0.0204. The highest BCUT2D eigenvalue weighted by Gasteiger charge is 2.13. The Labute approximate surface area is 124 Å². The third-order valence-corrected chi connectivity index (χ3v) is 3.04. The Balaban J connectivity index is 2.28. The lowest BCUT2D eigenvalue weighted by Gasteiger charge is -2.12. The molecule has 102 valence electrons. The quantitative estimate of drug-likeness (QED) is 0.668. The highest BCUT2D eigenvalue weighted by atomic mass is 32.1. The molecule has 0 unspecified atom stereocenters. The van der Waals surface area contributed by atoms with E-state index in [1.54, 1.807) is 6.07 Å². The standard InChI is InChI=1S/C16H16N2OS/c1-2-17-16(20)18-14-11-7-6-10-13(14)15(19)12-8-4-3-5-9-12/h3-11H,2H2,1H3,(H2,17,18,20). The summed E-state index contributed by atoms with van der Waals surface area (Å²) in [4.78, 5) is 12.5. The van der Waals surface area contributed by atoms with Crippen molar-refractivity contribution in [1.82, 2.24) is 5.32 Å². The maximum atomic E-state index is 12.5. The first-order valence-electron chi connectivity index (χ1n) is 6.46. The van der Waals surface area contributed by atoms with Crippen LogP contribution in [0.15, 0.2) is 54.6 Å². The molecule has 0 radical (unpaired) electrons. The van der Waals surface area contributed by atoms with Gasteiger partial charge in [0.15, 0.2) is 10.9 Å². The van der Waals surface area contributed by atoms with Crippen LogP contribution >= 0.6 is 12.2 Å². The molecule has 2 aromatic rings. The molecule has 0 saturated heterocycles. The van der Waals surface area contributed by atoms with Crippen molar-refractivity contribution in [2.75, 3.05) is 11.9 Å². The molecule has 0 aromatic heterocycles. The SMILES string of the molecule is CCNC(=S)Nc1ccccc1C(=O)c1ccccc1. The van der Waals surface area contributed by atoms with Crippen molar-refractivity contribution in [3.05, 3.63) is 65.7 Å². The predicted molar refractivity (Wildman–Crippen MR) is 86.2 cm³/mol. The van der Waals surface area contributed by atoms with Gasteiger partial charge in [-0.05, 0) is 31.3 Å². The van der Waals surface area contributed by atoms with Gasteiger partial charge in [-0.2, -0.15) is 0 Å². The van der Waals surface area contributed by atoms with Gasteiger partial charge in [0, 0.05) is 17.7 Å². The van der Waals surface area contributed by atoms with Gasteiger partial charge < -0.3 is 10.6 Å². The molecule has 0 aliphatic carbocycles. The highest BCUT2D eigenvalue weighted by Crippen LogP contribution is 2.19. The van der Waals surface area contributed by atoms with Crippen molar-refractivity contribution in [2.45, 2.75) is 6.92 Å². The molecule has 2 N–H and O–H groups in total. The second kappa shape index (κ2) is 6.82. The molecule has 4 heteroatoms. The summed E-state index contributed by atoms with van der Waals surface area (Å²) in [5, 5.41) is 6.59. The zero-order valence-electron chi connectivity index (χ0n) is 11.2. The molecular weight excluding hydrogens is 268 g/mol. The second-order valence-electron chi connectivity index (χ2n) is 4.23. The Kier molecular flexibility index (Phi) is 4.85. The Hall–Kier alpha value is -2.20. The fourth-order valence-corrected chi connectivity index (χ4v) is 2.12. The molecule has 0 spiro atoms.